The van der Waals surface area contributed by atoms with E-state index in [1.54, 1.807) is 4.90 Å². The molecule has 0 unspecified atom stereocenters. The summed E-state index contributed by atoms with van der Waals surface area (Å²) in [5, 5.41) is 17.4. The molecule has 2 saturated carbocycles. The van der Waals surface area contributed by atoms with Gasteiger partial charge in [-0.2, -0.15) is 0 Å². The molecule has 0 saturated heterocycles. The molecule has 208 valence electrons. The lowest BCUT2D eigenvalue weighted by molar-refractivity contribution is 0.102. The Hall–Kier alpha value is -3.96. The van der Waals surface area contributed by atoms with E-state index in [9.17, 15) is 14.0 Å². The van der Waals surface area contributed by atoms with E-state index in [2.05, 4.69) is 50.2 Å². The number of hydrogen-bond acceptors (Lipinski definition) is 7. The van der Waals surface area contributed by atoms with Gasteiger partial charge in [-0.3, -0.25) is 9.78 Å². The maximum atomic E-state index is 14.1. The van der Waals surface area contributed by atoms with E-state index < -0.39 is 11.7 Å². The molecule has 2 fully saturated rings. The van der Waals surface area contributed by atoms with Crippen LogP contribution in [0.15, 0.2) is 30.7 Å². The molecule has 0 aliphatic heterocycles. The number of halogens is 1. The average molecular weight is 538 g/mol. The Morgan fingerprint density at radius 1 is 1.05 bits per heavy atom. The first-order valence-electron chi connectivity index (χ1n) is 13.6. The number of rotatable bonds is 9. The molecule has 11 nitrogen and oxygen atoms in total. The summed E-state index contributed by atoms with van der Waals surface area (Å²) in [6, 6.07) is 4.00. The number of amides is 3. The lowest BCUT2D eigenvalue weighted by atomic mass is 9.91. The highest BCUT2D eigenvalue weighted by atomic mass is 19.1. The monoisotopic (exact) mass is 537 g/mol. The zero-order chi connectivity index (χ0) is 27.5. The van der Waals surface area contributed by atoms with Gasteiger partial charge in [0.05, 0.1) is 23.8 Å². The van der Waals surface area contributed by atoms with E-state index in [1.165, 1.54) is 23.0 Å². The third-order valence-corrected chi connectivity index (χ3v) is 7.05. The van der Waals surface area contributed by atoms with Crippen molar-refractivity contribution in [2.75, 3.05) is 29.5 Å². The minimum absolute atomic E-state index is 0.0272. The summed E-state index contributed by atoms with van der Waals surface area (Å²) < 4.78 is 15.6. The molecule has 0 radical (unpaired) electrons. The van der Waals surface area contributed by atoms with Gasteiger partial charge in [-0.25, -0.2) is 18.7 Å². The number of pyridine rings is 1. The van der Waals surface area contributed by atoms with Gasteiger partial charge in [-0.15, -0.1) is 5.10 Å². The van der Waals surface area contributed by atoms with Crippen LogP contribution in [0.3, 0.4) is 0 Å². The van der Waals surface area contributed by atoms with Crippen molar-refractivity contribution in [2.45, 2.75) is 70.5 Å². The predicted molar refractivity (Wildman–Crippen MR) is 147 cm³/mol. The number of hydrogen-bond donors (Lipinski definition) is 4. The molecule has 5 rings (SSSR count). The SMILES string of the molecule is CC(C)CN(C)C(=O)NC1CCC(Nc2cc(NC3CC3)c3ncc(C(=O)Nc4ccncc4F)n3n2)CC1. The number of imidazole rings is 1. The van der Waals surface area contributed by atoms with Crippen LogP contribution in [0.25, 0.3) is 5.65 Å². The first kappa shape index (κ1) is 26.6. The Labute approximate surface area is 227 Å². The highest BCUT2D eigenvalue weighted by Gasteiger charge is 2.27. The van der Waals surface area contributed by atoms with Crippen LogP contribution < -0.4 is 21.3 Å². The van der Waals surface area contributed by atoms with Crippen LogP contribution in [0.5, 0.6) is 0 Å². The molecular formula is C27H36FN9O2. The van der Waals surface area contributed by atoms with Gasteiger partial charge in [0.15, 0.2) is 17.2 Å². The second kappa shape index (κ2) is 11.4. The quantitative estimate of drug-likeness (QED) is 0.323. The Balaban J connectivity index is 1.28. The van der Waals surface area contributed by atoms with E-state index in [0.29, 0.717) is 23.4 Å². The van der Waals surface area contributed by atoms with Crippen LogP contribution in [-0.2, 0) is 0 Å². The van der Waals surface area contributed by atoms with E-state index in [0.717, 1.165) is 57.0 Å². The van der Waals surface area contributed by atoms with Crippen molar-refractivity contribution in [3.8, 4) is 0 Å². The van der Waals surface area contributed by atoms with Crippen LogP contribution in [0.1, 0.15) is 62.9 Å². The van der Waals surface area contributed by atoms with Gasteiger partial charge >= 0.3 is 6.03 Å². The zero-order valence-electron chi connectivity index (χ0n) is 22.6. The van der Waals surface area contributed by atoms with Gasteiger partial charge < -0.3 is 26.2 Å². The number of aromatic nitrogens is 4. The molecule has 2 aliphatic rings. The molecule has 12 heteroatoms. The number of nitrogens with one attached hydrogen (secondary N) is 4. The van der Waals surface area contributed by atoms with Gasteiger partial charge in [-0.1, -0.05) is 13.8 Å². The Bertz CT molecular complexity index is 1330. The highest BCUT2D eigenvalue weighted by Crippen LogP contribution is 2.30. The van der Waals surface area contributed by atoms with E-state index in [4.69, 9.17) is 0 Å². The zero-order valence-corrected chi connectivity index (χ0v) is 22.6. The number of urea groups is 1. The molecule has 3 aromatic heterocycles. The summed E-state index contributed by atoms with van der Waals surface area (Å²) in [4.78, 5) is 35.4. The Morgan fingerprint density at radius 3 is 2.44 bits per heavy atom. The van der Waals surface area contributed by atoms with Crippen LogP contribution in [0.4, 0.5) is 26.4 Å². The third-order valence-electron chi connectivity index (χ3n) is 7.05. The average Bonchev–Trinajstić information content (AvgIpc) is 3.61. The first-order valence-corrected chi connectivity index (χ1v) is 13.6. The lowest BCUT2D eigenvalue weighted by Gasteiger charge is -2.31. The summed E-state index contributed by atoms with van der Waals surface area (Å²) in [6.07, 6.45) is 9.55. The molecule has 0 spiro atoms. The van der Waals surface area contributed by atoms with Crippen molar-refractivity contribution in [1.82, 2.24) is 29.8 Å². The molecule has 3 heterocycles. The van der Waals surface area contributed by atoms with Crippen molar-refractivity contribution in [3.05, 3.63) is 42.2 Å². The molecule has 2 aliphatic carbocycles. The number of carbonyl (C=O) groups is 2. The van der Waals surface area contributed by atoms with Gasteiger partial charge in [0, 0.05) is 44.0 Å². The van der Waals surface area contributed by atoms with Crippen molar-refractivity contribution >= 4 is 34.8 Å². The second-order valence-corrected chi connectivity index (χ2v) is 11.0. The normalized spacial score (nSPS) is 19.1. The van der Waals surface area contributed by atoms with Crippen molar-refractivity contribution in [1.29, 1.82) is 0 Å². The summed E-state index contributed by atoms with van der Waals surface area (Å²) in [6.45, 7) is 4.91. The number of carbonyl (C=O) groups excluding carboxylic acids is 2. The molecular weight excluding hydrogens is 501 g/mol. The Kier molecular flexibility index (Phi) is 7.80. The molecule has 0 aromatic carbocycles. The Morgan fingerprint density at radius 2 is 1.74 bits per heavy atom. The maximum Gasteiger partial charge on any atom is 0.317 e. The topological polar surface area (TPSA) is 129 Å². The highest BCUT2D eigenvalue weighted by molar-refractivity contribution is 6.03. The molecule has 0 bridgehead atoms. The minimum atomic E-state index is -0.621. The number of fused-ring (bicyclic) bond motifs is 1. The van der Waals surface area contributed by atoms with E-state index >= 15 is 0 Å². The second-order valence-electron chi connectivity index (χ2n) is 11.0. The summed E-state index contributed by atoms with van der Waals surface area (Å²) >= 11 is 0. The summed E-state index contributed by atoms with van der Waals surface area (Å²) in [5.74, 6) is -0.0987. The maximum absolute atomic E-state index is 14.1. The summed E-state index contributed by atoms with van der Waals surface area (Å²) in [7, 11) is 1.83. The molecule has 4 N–H and O–H groups in total. The van der Waals surface area contributed by atoms with Crippen LogP contribution in [-0.4, -0.2) is 68.1 Å². The fourth-order valence-corrected chi connectivity index (χ4v) is 4.92. The number of nitrogens with zero attached hydrogens (tertiary/aromatic N) is 5. The smallest absolute Gasteiger partial charge is 0.317 e. The van der Waals surface area contributed by atoms with E-state index in [1.807, 2.05) is 13.1 Å². The van der Waals surface area contributed by atoms with E-state index in [-0.39, 0.29) is 29.5 Å². The molecule has 0 atom stereocenters. The van der Waals surface area contributed by atoms with Gasteiger partial charge in [0.2, 0.25) is 0 Å². The van der Waals surface area contributed by atoms with Crippen LogP contribution >= 0.6 is 0 Å². The van der Waals surface area contributed by atoms with Crippen LogP contribution in [0.2, 0.25) is 0 Å². The fraction of sp³-hybridized carbons (Fsp3) is 0.519. The number of anilines is 3. The molecule has 3 amide bonds. The van der Waals surface area contributed by atoms with Gasteiger partial charge in [0.25, 0.3) is 5.91 Å². The predicted octanol–water partition coefficient (Wildman–Crippen LogP) is 4.11. The molecule has 39 heavy (non-hydrogen) atoms. The standard InChI is InChI=1S/C27H36FN9O2/c1-16(2)15-36(3)27(39)33-19-8-6-18(7-9-19)32-24-12-22(31-17-4-5-17)25-30-14-23(37(25)35-24)26(38)34-21-10-11-29-13-20(21)28/h10-14,16-19,31H,4-9,15H2,1-3H3,(H,32,35)(H,33,39)(H,29,34,38). The third kappa shape index (κ3) is 6.55. The lowest BCUT2D eigenvalue weighted by Crippen LogP contribution is -2.46. The summed E-state index contributed by atoms with van der Waals surface area (Å²) in [5.41, 5.74) is 1.55. The fourth-order valence-electron chi connectivity index (χ4n) is 4.92. The van der Waals surface area contributed by atoms with Gasteiger partial charge in [0.1, 0.15) is 5.82 Å². The van der Waals surface area contributed by atoms with Gasteiger partial charge in [-0.05, 0) is 50.5 Å². The first-order chi connectivity index (χ1) is 18.8. The van der Waals surface area contributed by atoms with Crippen molar-refractivity contribution < 1.29 is 14.0 Å². The molecule has 3 aromatic rings. The van der Waals surface area contributed by atoms with Crippen molar-refractivity contribution in [2.24, 2.45) is 5.92 Å². The van der Waals surface area contributed by atoms with Crippen molar-refractivity contribution in [3.63, 3.8) is 0 Å². The minimum Gasteiger partial charge on any atom is -0.379 e. The largest absolute Gasteiger partial charge is 0.379 e. The van der Waals surface area contributed by atoms with Crippen LogP contribution in [0, 0.1) is 11.7 Å².